The van der Waals surface area contributed by atoms with Crippen LogP contribution in [-0.4, -0.2) is 34.2 Å². The summed E-state index contributed by atoms with van der Waals surface area (Å²) < 4.78 is 0. The number of nitrogens with two attached hydrogens (primary N) is 1. The second-order valence-electron chi connectivity index (χ2n) is 4.40. The minimum Gasteiger partial charge on any atom is -0.508 e. The van der Waals surface area contributed by atoms with Crippen LogP contribution in [0.15, 0.2) is 36.9 Å². The normalized spacial score (nSPS) is 13.2. The molecule has 0 aliphatic rings. The van der Waals surface area contributed by atoms with E-state index in [1.807, 2.05) is 0 Å². The highest BCUT2D eigenvalue weighted by Crippen LogP contribution is 2.11. The molecule has 0 saturated heterocycles. The largest absolute Gasteiger partial charge is 0.508 e. The van der Waals surface area contributed by atoms with Crippen LogP contribution < -0.4 is 11.1 Å². The molecule has 6 nitrogen and oxygen atoms in total. The number of carboxylic acids is 1. The molecule has 1 aromatic carbocycles. The molecule has 0 heterocycles. The van der Waals surface area contributed by atoms with Gasteiger partial charge in [0.05, 0.1) is 6.04 Å². The summed E-state index contributed by atoms with van der Waals surface area (Å²) in [6, 6.07) is 4.23. The zero-order valence-electron chi connectivity index (χ0n) is 11.0. The number of hydrogen-bond donors (Lipinski definition) is 4. The molecule has 0 spiro atoms. The van der Waals surface area contributed by atoms with E-state index < -0.39 is 24.0 Å². The van der Waals surface area contributed by atoms with Gasteiger partial charge in [-0.3, -0.25) is 4.79 Å². The van der Waals surface area contributed by atoms with Gasteiger partial charge in [0.1, 0.15) is 11.8 Å². The first-order valence-electron chi connectivity index (χ1n) is 6.11. The maximum absolute atomic E-state index is 11.7. The van der Waals surface area contributed by atoms with Crippen LogP contribution in [0.2, 0.25) is 0 Å². The number of rotatable bonds is 7. The number of aliphatic carboxylic acids is 1. The summed E-state index contributed by atoms with van der Waals surface area (Å²) in [5.74, 6) is -1.58. The Bertz CT molecular complexity index is 484. The molecular formula is C14H18N2O4. The van der Waals surface area contributed by atoms with E-state index in [0.717, 1.165) is 0 Å². The van der Waals surface area contributed by atoms with Gasteiger partial charge in [0, 0.05) is 6.42 Å². The lowest BCUT2D eigenvalue weighted by molar-refractivity contribution is -0.141. The Labute approximate surface area is 116 Å². The molecule has 108 valence electrons. The summed E-state index contributed by atoms with van der Waals surface area (Å²) >= 11 is 0. The van der Waals surface area contributed by atoms with Crippen LogP contribution in [-0.2, 0) is 16.0 Å². The Morgan fingerprint density at radius 1 is 1.35 bits per heavy atom. The van der Waals surface area contributed by atoms with Crippen LogP contribution in [0, 0.1) is 0 Å². The molecule has 6 heteroatoms. The smallest absolute Gasteiger partial charge is 0.326 e. The summed E-state index contributed by atoms with van der Waals surface area (Å²) in [6.07, 6.45) is 1.89. The van der Waals surface area contributed by atoms with Crippen molar-refractivity contribution in [3.05, 3.63) is 42.5 Å². The van der Waals surface area contributed by atoms with Crippen molar-refractivity contribution in [2.75, 3.05) is 0 Å². The van der Waals surface area contributed by atoms with E-state index in [-0.39, 0.29) is 18.6 Å². The summed E-state index contributed by atoms with van der Waals surface area (Å²) in [6.45, 7) is 3.47. The molecule has 1 amide bonds. The third kappa shape index (κ3) is 4.74. The molecule has 2 unspecified atom stereocenters. The Hall–Kier alpha value is -2.34. The number of aromatic hydroxyl groups is 1. The van der Waals surface area contributed by atoms with Crippen LogP contribution >= 0.6 is 0 Å². The van der Waals surface area contributed by atoms with Crippen molar-refractivity contribution in [3.63, 3.8) is 0 Å². The third-order valence-corrected chi connectivity index (χ3v) is 2.75. The van der Waals surface area contributed by atoms with E-state index in [0.29, 0.717) is 5.56 Å². The number of phenolic OH excluding ortho intramolecular Hbond substituents is 1. The fraction of sp³-hybridized carbons (Fsp3) is 0.286. The molecule has 1 rings (SSSR count). The Morgan fingerprint density at radius 3 is 2.45 bits per heavy atom. The van der Waals surface area contributed by atoms with Crippen LogP contribution in [0.5, 0.6) is 5.75 Å². The quantitative estimate of drug-likeness (QED) is 0.539. The molecular weight excluding hydrogens is 260 g/mol. The minimum atomic E-state index is -1.14. The number of phenols is 1. The topological polar surface area (TPSA) is 113 Å². The SMILES string of the molecule is C=CCC(N)C(=O)NC(Cc1ccc(O)cc1)C(=O)O. The van der Waals surface area contributed by atoms with Gasteiger partial charge < -0.3 is 21.3 Å². The first-order chi connectivity index (χ1) is 9.43. The molecule has 20 heavy (non-hydrogen) atoms. The van der Waals surface area contributed by atoms with Crippen molar-refractivity contribution in [1.29, 1.82) is 0 Å². The van der Waals surface area contributed by atoms with Gasteiger partial charge in [-0.05, 0) is 24.1 Å². The molecule has 1 aromatic rings. The van der Waals surface area contributed by atoms with Crippen molar-refractivity contribution in [3.8, 4) is 5.75 Å². The number of carbonyl (C=O) groups is 2. The van der Waals surface area contributed by atoms with E-state index in [1.165, 1.54) is 18.2 Å². The number of benzene rings is 1. The van der Waals surface area contributed by atoms with Crippen LogP contribution in [0.3, 0.4) is 0 Å². The minimum absolute atomic E-state index is 0.0951. The predicted octanol–water partition coefficient (Wildman–Crippen LogP) is 0.407. The monoisotopic (exact) mass is 278 g/mol. The standard InChI is InChI=1S/C14H18N2O4/c1-2-3-11(15)13(18)16-12(14(19)20)8-9-4-6-10(17)7-5-9/h2,4-7,11-12,17H,1,3,8,15H2,(H,16,18)(H,19,20). The lowest BCUT2D eigenvalue weighted by Crippen LogP contribution is -2.49. The van der Waals surface area contributed by atoms with Crippen LogP contribution in [0.4, 0.5) is 0 Å². The summed E-state index contributed by atoms with van der Waals surface area (Å²) in [5.41, 5.74) is 6.27. The summed E-state index contributed by atoms with van der Waals surface area (Å²) in [5, 5.41) is 20.7. The van der Waals surface area contributed by atoms with Gasteiger partial charge >= 0.3 is 5.97 Å². The first-order valence-corrected chi connectivity index (χ1v) is 6.11. The van der Waals surface area contributed by atoms with Gasteiger partial charge in [-0.1, -0.05) is 18.2 Å². The van der Waals surface area contributed by atoms with Gasteiger partial charge in [0.2, 0.25) is 5.91 Å². The maximum atomic E-state index is 11.7. The zero-order chi connectivity index (χ0) is 15.1. The number of nitrogens with one attached hydrogen (secondary N) is 1. The van der Waals surface area contributed by atoms with E-state index in [2.05, 4.69) is 11.9 Å². The van der Waals surface area contributed by atoms with Crippen LogP contribution in [0.25, 0.3) is 0 Å². The van der Waals surface area contributed by atoms with Gasteiger partial charge in [-0.15, -0.1) is 6.58 Å². The molecule has 0 aliphatic carbocycles. The fourth-order valence-corrected chi connectivity index (χ4v) is 1.63. The summed E-state index contributed by atoms with van der Waals surface area (Å²) in [4.78, 5) is 22.9. The second kappa shape index (κ2) is 7.30. The Kier molecular flexibility index (Phi) is 5.74. The molecule has 0 saturated carbocycles. The van der Waals surface area contributed by atoms with Gasteiger partial charge in [0.15, 0.2) is 0 Å². The van der Waals surface area contributed by atoms with Gasteiger partial charge in [0.25, 0.3) is 0 Å². The molecule has 0 bridgehead atoms. The fourth-order valence-electron chi connectivity index (χ4n) is 1.63. The lowest BCUT2D eigenvalue weighted by atomic mass is 10.1. The molecule has 5 N–H and O–H groups in total. The van der Waals surface area contributed by atoms with Gasteiger partial charge in [-0.25, -0.2) is 4.79 Å². The van der Waals surface area contributed by atoms with E-state index in [1.54, 1.807) is 12.1 Å². The van der Waals surface area contributed by atoms with E-state index in [4.69, 9.17) is 15.9 Å². The average molecular weight is 278 g/mol. The highest BCUT2D eigenvalue weighted by atomic mass is 16.4. The van der Waals surface area contributed by atoms with E-state index >= 15 is 0 Å². The summed E-state index contributed by atoms with van der Waals surface area (Å²) in [7, 11) is 0. The Morgan fingerprint density at radius 2 is 1.95 bits per heavy atom. The number of carbonyl (C=O) groups excluding carboxylic acids is 1. The number of amides is 1. The van der Waals surface area contributed by atoms with Crippen LogP contribution in [0.1, 0.15) is 12.0 Å². The highest BCUT2D eigenvalue weighted by molar-refractivity contribution is 5.87. The third-order valence-electron chi connectivity index (χ3n) is 2.75. The zero-order valence-corrected chi connectivity index (χ0v) is 11.0. The molecule has 0 aliphatic heterocycles. The van der Waals surface area contributed by atoms with Crippen molar-refractivity contribution in [2.45, 2.75) is 24.9 Å². The molecule has 0 fully saturated rings. The number of carboxylic acid groups (broad SMARTS) is 1. The van der Waals surface area contributed by atoms with Crippen molar-refractivity contribution in [1.82, 2.24) is 5.32 Å². The first kappa shape index (κ1) is 15.7. The molecule has 0 aromatic heterocycles. The maximum Gasteiger partial charge on any atom is 0.326 e. The predicted molar refractivity (Wildman–Crippen MR) is 74.2 cm³/mol. The van der Waals surface area contributed by atoms with Crippen molar-refractivity contribution in [2.24, 2.45) is 5.73 Å². The highest BCUT2D eigenvalue weighted by Gasteiger charge is 2.22. The van der Waals surface area contributed by atoms with E-state index in [9.17, 15) is 9.59 Å². The lowest BCUT2D eigenvalue weighted by Gasteiger charge is -2.17. The van der Waals surface area contributed by atoms with Gasteiger partial charge in [-0.2, -0.15) is 0 Å². The Balaban J connectivity index is 2.70. The van der Waals surface area contributed by atoms with Crippen molar-refractivity contribution >= 4 is 11.9 Å². The second-order valence-corrected chi connectivity index (χ2v) is 4.40. The molecule has 2 atom stereocenters. The molecule has 0 radical (unpaired) electrons. The van der Waals surface area contributed by atoms with Crippen molar-refractivity contribution < 1.29 is 19.8 Å². The number of hydrogen-bond acceptors (Lipinski definition) is 4. The average Bonchev–Trinajstić information content (AvgIpc) is 2.40.